The Morgan fingerprint density at radius 3 is 3.00 bits per heavy atom. The van der Waals surface area contributed by atoms with Gasteiger partial charge in [0.15, 0.2) is 5.65 Å². The number of carbonyl (C=O) groups is 1. The number of aryl methyl sites for hydroxylation is 1. The molecule has 0 saturated carbocycles. The van der Waals surface area contributed by atoms with Crippen LogP contribution in [0.5, 0.6) is 0 Å². The molecule has 0 aliphatic heterocycles. The largest absolute Gasteiger partial charge is 0.468 e. The minimum Gasteiger partial charge on any atom is -0.468 e. The normalized spacial score (nSPS) is 10.5. The quantitative estimate of drug-likeness (QED) is 0.730. The molecule has 6 nitrogen and oxygen atoms in total. The lowest BCUT2D eigenvalue weighted by atomic mass is 10.3. The van der Waals surface area contributed by atoms with Crippen molar-refractivity contribution in [1.82, 2.24) is 14.6 Å². The van der Waals surface area contributed by atoms with Gasteiger partial charge in [0.05, 0.1) is 7.11 Å². The lowest BCUT2D eigenvalue weighted by molar-refractivity contribution is -0.138. The summed E-state index contributed by atoms with van der Waals surface area (Å²) in [5.41, 5.74) is 1.83. The highest BCUT2D eigenvalue weighted by atomic mass is 16.5. The van der Waals surface area contributed by atoms with Crippen LogP contribution in [-0.4, -0.2) is 41.3 Å². The lowest BCUT2D eigenvalue weighted by Gasteiger charge is -2.18. The number of anilines is 1. The monoisotopic (exact) mass is 234 g/mol. The molecule has 0 aromatic carbocycles. The standard InChI is InChI=1S/C11H14N4O2/c1-8-4-9-12-7-13-15(9)10(5-8)14(2)6-11(16)17-3/h4-5,7H,6H2,1-3H3. The molecule has 2 aromatic rings. The Balaban J connectivity index is 2.39. The molecule has 0 N–H and O–H groups in total. The van der Waals surface area contributed by atoms with Crippen LogP contribution < -0.4 is 4.90 Å². The third-order valence-corrected chi connectivity index (χ3v) is 2.49. The highest BCUT2D eigenvalue weighted by molar-refractivity contribution is 5.75. The molecule has 0 fully saturated rings. The van der Waals surface area contributed by atoms with Crippen molar-refractivity contribution in [2.75, 3.05) is 25.6 Å². The molecule has 90 valence electrons. The van der Waals surface area contributed by atoms with E-state index >= 15 is 0 Å². The van der Waals surface area contributed by atoms with Gasteiger partial charge in [-0.15, -0.1) is 0 Å². The summed E-state index contributed by atoms with van der Waals surface area (Å²) < 4.78 is 6.33. The van der Waals surface area contributed by atoms with E-state index in [-0.39, 0.29) is 12.5 Å². The Hall–Kier alpha value is -2.11. The first kappa shape index (κ1) is 11.4. The Bertz CT molecular complexity index is 549. The van der Waals surface area contributed by atoms with Gasteiger partial charge in [-0.2, -0.15) is 9.61 Å². The minimum absolute atomic E-state index is 0.176. The van der Waals surface area contributed by atoms with Crippen molar-refractivity contribution in [2.24, 2.45) is 0 Å². The second-order valence-electron chi connectivity index (χ2n) is 3.85. The molecular formula is C11H14N4O2. The molecule has 0 saturated heterocycles. The van der Waals surface area contributed by atoms with Gasteiger partial charge in [-0.05, 0) is 24.6 Å². The van der Waals surface area contributed by atoms with Gasteiger partial charge in [0.25, 0.3) is 0 Å². The van der Waals surface area contributed by atoms with Crippen molar-refractivity contribution in [3.05, 3.63) is 24.0 Å². The van der Waals surface area contributed by atoms with Gasteiger partial charge < -0.3 is 9.64 Å². The molecular weight excluding hydrogens is 220 g/mol. The SMILES string of the molecule is COC(=O)CN(C)c1cc(C)cc2ncnn12. The fraction of sp³-hybridized carbons (Fsp3) is 0.364. The zero-order chi connectivity index (χ0) is 12.4. The summed E-state index contributed by atoms with van der Waals surface area (Å²) >= 11 is 0. The average Bonchev–Trinajstić information content (AvgIpc) is 2.75. The van der Waals surface area contributed by atoms with E-state index in [1.165, 1.54) is 13.4 Å². The number of aromatic nitrogens is 3. The summed E-state index contributed by atoms with van der Waals surface area (Å²) in [5.74, 6) is 0.519. The molecule has 0 atom stereocenters. The maximum atomic E-state index is 11.2. The Kier molecular flexibility index (Phi) is 2.95. The van der Waals surface area contributed by atoms with E-state index < -0.39 is 0 Å². The number of nitrogens with zero attached hydrogens (tertiary/aromatic N) is 4. The van der Waals surface area contributed by atoms with Gasteiger partial charge in [0.1, 0.15) is 18.7 Å². The van der Waals surface area contributed by atoms with Crippen LogP contribution in [0.3, 0.4) is 0 Å². The number of rotatable bonds is 3. The predicted molar refractivity (Wildman–Crippen MR) is 63.0 cm³/mol. The van der Waals surface area contributed by atoms with E-state index in [4.69, 9.17) is 0 Å². The molecule has 0 aliphatic carbocycles. The second-order valence-corrected chi connectivity index (χ2v) is 3.85. The number of esters is 1. The lowest BCUT2D eigenvalue weighted by Crippen LogP contribution is -2.28. The molecule has 0 unspecified atom stereocenters. The van der Waals surface area contributed by atoms with Gasteiger partial charge in [-0.1, -0.05) is 0 Å². The average molecular weight is 234 g/mol. The summed E-state index contributed by atoms with van der Waals surface area (Å²) in [5, 5.41) is 4.13. The highest BCUT2D eigenvalue weighted by Crippen LogP contribution is 2.16. The summed E-state index contributed by atoms with van der Waals surface area (Å²) in [7, 11) is 3.18. The molecule has 2 aromatic heterocycles. The first-order valence-corrected chi connectivity index (χ1v) is 5.20. The van der Waals surface area contributed by atoms with Crippen LogP contribution in [0.15, 0.2) is 18.5 Å². The number of ether oxygens (including phenoxy) is 1. The van der Waals surface area contributed by atoms with E-state index in [1.54, 1.807) is 9.42 Å². The van der Waals surface area contributed by atoms with Gasteiger partial charge in [0, 0.05) is 7.05 Å². The van der Waals surface area contributed by atoms with E-state index in [2.05, 4.69) is 14.8 Å². The van der Waals surface area contributed by atoms with E-state index in [9.17, 15) is 4.79 Å². The van der Waals surface area contributed by atoms with Crippen molar-refractivity contribution < 1.29 is 9.53 Å². The number of carbonyl (C=O) groups excluding carboxylic acids is 1. The number of fused-ring (bicyclic) bond motifs is 1. The first-order valence-electron chi connectivity index (χ1n) is 5.20. The molecule has 0 spiro atoms. The Morgan fingerprint density at radius 2 is 2.29 bits per heavy atom. The van der Waals surface area contributed by atoms with Crippen LogP contribution in [0.4, 0.5) is 5.82 Å². The van der Waals surface area contributed by atoms with Gasteiger partial charge in [-0.3, -0.25) is 4.79 Å². The molecule has 2 heterocycles. The van der Waals surface area contributed by atoms with E-state index in [0.717, 1.165) is 17.0 Å². The van der Waals surface area contributed by atoms with Crippen molar-refractivity contribution in [3.8, 4) is 0 Å². The van der Waals surface area contributed by atoms with Crippen LogP contribution in [0.25, 0.3) is 5.65 Å². The Labute approximate surface area is 98.8 Å². The summed E-state index contributed by atoms with van der Waals surface area (Å²) in [6.07, 6.45) is 1.49. The van der Waals surface area contributed by atoms with Gasteiger partial charge >= 0.3 is 5.97 Å². The van der Waals surface area contributed by atoms with Crippen LogP contribution in [-0.2, 0) is 9.53 Å². The highest BCUT2D eigenvalue weighted by Gasteiger charge is 2.12. The molecule has 2 rings (SSSR count). The fourth-order valence-corrected chi connectivity index (χ4v) is 1.65. The number of hydrogen-bond acceptors (Lipinski definition) is 5. The third kappa shape index (κ3) is 2.20. The molecule has 0 aliphatic rings. The van der Waals surface area contributed by atoms with Crippen molar-refractivity contribution in [3.63, 3.8) is 0 Å². The fourth-order valence-electron chi connectivity index (χ4n) is 1.65. The number of pyridine rings is 1. The second kappa shape index (κ2) is 4.40. The predicted octanol–water partition coefficient (Wildman–Crippen LogP) is 0.647. The Morgan fingerprint density at radius 1 is 1.53 bits per heavy atom. The molecule has 17 heavy (non-hydrogen) atoms. The molecule has 0 bridgehead atoms. The summed E-state index contributed by atoms with van der Waals surface area (Å²) in [6.45, 7) is 2.15. The summed E-state index contributed by atoms with van der Waals surface area (Å²) in [6, 6.07) is 3.88. The van der Waals surface area contributed by atoms with Crippen LogP contribution in [0.2, 0.25) is 0 Å². The van der Waals surface area contributed by atoms with Crippen LogP contribution >= 0.6 is 0 Å². The van der Waals surface area contributed by atoms with Crippen LogP contribution in [0.1, 0.15) is 5.56 Å². The number of hydrogen-bond donors (Lipinski definition) is 0. The van der Waals surface area contributed by atoms with Crippen molar-refractivity contribution >= 4 is 17.4 Å². The maximum Gasteiger partial charge on any atom is 0.325 e. The molecule has 6 heteroatoms. The topological polar surface area (TPSA) is 59.7 Å². The zero-order valence-electron chi connectivity index (χ0n) is 10.0. The molecule has 0 amide bonds. The van der Waals surface area contributed by atoms with Gasteiger partial charge in [-0.25, -0.2) is 4.98 Å². The van der Waals surface area contributed by atoms with E-state index in [0.29, 0.717) is 0 Å². The first-order chi connectivity index (χ1) is 8.11. The smallest absolute Gasteiger partial charge is 0.325 e. The minimum atomic E-state index is -0.290. The van der Waals surface area contributed by atoms with Gasteiger partial charge in [0.2, 0.25) is 0 Å². The summed E-state index contributed by atoms with van der Waals surface area (Å²) in [4.78, 5) is 17.2. The third-order valence-electron chi connectivity index (χ3n) is 2.49. The maximum absolute atomic E-state index is 11.2. The van der Waals surface area contributed by atoms with Crippen molar-refractivity contribution in [1.29, 1.82) is 0 Å². The zero-order valence-corrected chi connectivity index (χ0v) is 10.0. The number of likely N-dealkylation sites (N-methyl/N-ethyl adjacent to an activating group) is 1. The van der Waals surface area contributed by atoms with Crippen molar-refractivity contribution in [2.45, 2.75) is 6.92 Å². The number of methoxy groups -OCH3 is 1. The van der Waals surface area contributed by atoms with E-state index in [1.807, 2.05) is 26.1 Å². The molecule has 0 radical (unpaired) electrons. The van der Waals surface area contributed by atoms with Crippen LogP contribution in [0, 0.1) is 6.92 Å².